The van der Waals surface area contributed by atoms with Crippen molar-refractivity contribution in [2.75, 3.05) is 0 Å². The number of aromatic nitrogens is 2. The molecule has 1 aromatic rings. The second kappa shape index (κ2) is 3.93. The first-order valence-electron chi connectivity index (χ1n) is 6.25. The van der Waals surface area contributed by atoms with Crippen LogP contribution in [0.3, 0.4) is 0 Å². The van der Waals surface area contributed by atoms with E-state index in [0.29, 0.717) is 6.04 Å². The van der Waals surface area contributed by atoms with Gasteiger partial charge < -0.3 is 4.57 Å². The lowest BCUT2D eigenvalue weighted by atomic mass is 10.0. The van der Waals surface area contributed by atoms with Crippen molar-refractivity contribution < 1.29 is 0 Å². The molecular formula is C14H18N2. The minimum atomic E-state index is 0.629. The van der Waals surface area contributed by atoms with E-state index in [4.69, 9.17) is 4.98 Å². The Kier molecular flexibility index (Phi) is 2.43. The molecule has 0 aliphatic heterocycles. The van der Waals surface area contributed by atoms with Crippen molar-refractivity contribution in [3.63, 3.8) is 0 Å². The van der Waals surface area contributed by atoms with Crippen LogP contribution in [0.4, 0.5) is 0 Å². The monoisotopic (exact) mass is 214 g/mol. The second-order valence-electron chi connectivity index (χ2n) is 4.74. The van der Waals surface area contributed by atoms with Crippen LogP contribution >= 0.6 is 0 Å². The van der Waals surface area contributed by atoms with Gasteiger partial charge in [-0.2, -0.15) is 0 Å². The molecule has 2 nitrogen and oxygen atoms in total. The largest absolute Gasteiger partial charge is 0.325 e. The Morgan fingerprint density at radius 1 is 1.25 bits per heavy atom. The van der Waals surface area contributed by atoms with Gasteiger partial charge in [0.05, 0.1) is 11.4 Å². The predicted octanol–water partition coefficient (Wildman–Crippen LogP) is 3.43. The molecule has 0 amide bonds. The van der Waals surface area contributed by atoms with E-state index in [-0.39, 0.29) is 0 Å². The number of aryl methyl sites for hydroxylation is 2. The molecule has 1 atom stereocenters. The maximum absolute atomic E-state index is 4.71. The van der Waals surface area contributed by atoms with Gasteiger partial charge in [-0.1, -0.05) is 18.2 Å². The minimum Gasteiger partial charge on any atom is -0.325 e. The molecule has 16 heavy (non-hydrogen) atoms. The maximum Gasteiger partial charge on any atom is 0.106 e. The summed E-state index contributed by atoms with van der Waals surface area (Å²) >= 11 is 0. The highest BCUT2D eigenvalue weighted by molar-refractivity contribution is 5.52. The van der Waals surface area contributed by atoms with E-state index in [1.807, 2.05) is 0 Å². The summed E-state index contributed by atoms with van der Waals surface area (Å²) in [4.78, 5) is 4.71. The summed E-state index contributed by atoms with van der Waals surface area (Å²) in [5.41, 5.74) is 2.67. The van der Waals surface area contributed by atoms with Crippen molar-refractivity contribution in [3.8, 4) is 0 Å². The van der Waals surface area contributed by atoms with Gasteiger partial charge in [0, 0.05) is 6.04 Å². The number of hydrogen-bond donors (Lipinski definition) is 0. The van der Waals surface area contributed by atoms with Gasteiger partial charge in [-0.3, -0.25) is 0 Å². The van der Waals surface area contributed by atoms with Crippen molar-refractivity contribution in [2.45, 2.75) is 45.1 Å². The Morgan fingerprint density at radius 2 is 2.19 bits per heavy atom. The van der Waals surface area contributed by atoms with Gasteiger partial charge in [0.2, 0.25) is 0 Å². The Morgan fingerprint density at radius 3 is 3.00 bits per heavy atom. The van der Waals surface area contributed by atoms with Crippen molar-refractivity contribution in [2.24, 2.45) is 0 Å². The molecule has 2 heteroatoms. The van der Waals surface area contributed by atoms with Gasteiger partial charge in [-0.25, -0.2) is 4.98 Å². The highest BCUT2D eigenvalue weighted by atomic mass is 15.1. The zero-order chi connectivity index (χ0) is 11.0. The Hall–Kier alpha value is -1.31. The third kappa shape index (κ3) is 1.53. The van der Waals surface area contributed by atoms with Crippen molar-refractivity contribution in [3.05, 3.63) is 35.4 Å². The molecule has 0 N–H and O–H groups in total. The van der Waals surface area contributed by atoms with Gasteiger partial charge in [0.15, 0.2) is 0 Å². The molecule has 0 radical (unpaired) electrons. The molecule has 0 fully saturated rings. The smallest absolute Gasteiger partial charge is 0.106 e. The SMILES string of the molecule is Cc1nc2c(n1C1CC=CCC1)C=CCC2. The van der Waals surface area contributed by atoms with Crippen LogP contribution in [0.25, 0.3) is 6.08 Å². The Bertz CT molecular complexity index is 452. The first kappa shape index (κ1) is 9.88. The van der Waals surface area contributed by atoms with Crippen LogP contribution in [0, 0.1) is 6.92 Å². The van der Waals surface area contributed by atoms with Gasteiger partial charge in [0.25, 0.3) is 0 Å². The molecule has 0 spiro atoms. The van der Waals surface area contributed by atoms with Gasteiger partial charge in [-0.15, -0.1) is 0 Å². The topological polar surface area (TPSA) is 17.8 Å². The predicted molar refractivity (Wildman–Crippen MR) is 66.3 cm³/mol. The number of fused-ring (bicyclic) bond motifs is 1. The fraction of sp³-hybridized carbons (Fsp3) is 0.500. The third-order valence-electron chi connectivity index (χ3n) is 3.63. The summed E-state index contributed by atoms with van der Waals surface area (Å²) in [5.74, 6) is 1.19. The van der Waals surface area contributed by atoms with Crippen LogP contribution in [-0.4, -0.2) is 9.55 Å². The fourth-order valence-corrected chi connectivity index (χ4v) is 2.87. The van der Waals surface area contributed by atoms with E-state index >= 15 is 0 Å². The summed E-state index contributed by atoms with van der Waals surface area (Å²) in [6.45, 7) is 2.14. The Labute approximate surface area is 96.7 Å². The number of nitrogens with zero attached hydrogens (tertiary/aromatic N) is 2. The van der Waals surface area contributed by atoms with E-state index in [0.717, 1.165) is 19.3 Å². The summed E-state index contributed by atoms with van der Waals surface area (Å²) in [5, 5.41) is 0. The van der Waals surface area contributed by atoms with E-state index < -0.39 is 0 Å². The molecule has 0 saturated heterocycles. The highest BCUT2D eigenvalue weighted by Gasteiger charge is 2.21. The van der Waals surface area contributed by atoms with Gasteiger partial charge in [0.1, 0.15) is 5.82 Å². The molecule has 0 saturated carbocycles. The van der Waals surface area contributed by atoms with Gasteiger partial charge in [-0.05, 0) is 45.1 Å². The van der Waals surface area contributed by atoms with E-state index in [1.165, 1.54) is 30.1 Å². The summed E-state index contributed by atoms with van der Waals surface area (Å²) in [6.07, 6.45) is 15.0. The average molecular weight is 214 g/mol. The summed E-state index contributed by atoms with van der Waals surface area (Å²) in [6, 6.07) is 0.629. The van der Waals surface area contributed by atoms with Crippen LogP contribution < -0.4 is 0 Å². The number of rotatable bonds is 1. The molecule has 3 rings (SSSR count). The second-order valence-corrected chi connectivity index (χ2v) is 4.74. The normalized spacial score (nSPS) is 23.4. The van der Waals surface area contributed by atoms with E-state index in [1.54, 1.807) is 0 Å². The summed E-state index contributed by atoms with van der Waals surface area (Å²) in [7, 11) is 0. The first-order valence-corrected chi connectivity index (χ1v) is 6.25. The zero-order valence-corrected chi connectivity index (χ0v) is 9.82. The molecule has 2 aliphatic carbocycles. The first-order chi connectivity index (χ1) is 7.86. The average Bonchev–Trinajstić information content (AvgIpc) is 2.66. The van der Waals surface area contributed by atoms with E-state index in [2.05, 4.69) is 35.8 Å². The van der Waals surface area contributed by atoms with Crippen molar-refractivity contribution in [1.29, 1.82) is 0 Å². The maximum atomic E-state index is 4.71. The van der Waals surface area contributed by atoms with E-state index in [9.17, 15) is 0 Å². The lowest BCUT2D eigenvalue weighted by Crippen LogP contribution is -2.14. The van der Waals surface area contributed by atoms with Crippen LogP contribution in [0.1, 0.15) is 48.9 Å². The number of imidazole rings is 1. The van der Waals surface area contributed by atoms with Crippen LogP contribution in [0.2, 0.25) is 0 Å². The van der Waals surface area contributed by atoms with Crippen LogP contribution in [0.15, 0.2) is 18.2 Å². The molecule has 2 aliphatic rings. The number of hydrogen-bond acceptors (Lipinski definition) is 1. The van der Waals surface area contributed by atoms with Crippen molar-refractivity contribution >= 4 is 6.08 Å². The molecule has 84 valence electrons. The van der Waals surface area contributed by atoms with Crippen LogP contribution in [-0.2, 0) is 6.42 Å². The molecule has 1 unspecified atom stereocenters. The molecule has 0 bridgehead atoms. The highest BCUT2D eigenvalue weighted by Crippen LogP contribution is 2.30. The third-order valence-corrected chi connectivity index (χ3v) is 3.63. The molecule has 1 heterocycles. The number of allylic oxidation sites excluding steroid dienone is 3. The lowest BCUT2D eigenvalue weighted by molar-refractivity contribution is 0.449. The van der Waals surface area contributed by atoms with Crippen molar-refractivity contribution in [1.82, 2.24) is 9.55 Å². The standard InChI is InChI=1S/C14H18N2/c1-11-15-13-9-5-6-10-14(13)16(11)12-7-3-2-4-8-12/h2-3,6,10,12H,4-5,7-9H2,1H3. The zero-order valence-electron chi connectivity index (χ0n) is 9.82. The lowest BCUT2D eigenvalue weighted by Gasteiger charge is -2.23. The molecule has 1 aromatic heterocycles. The fourth-order valence-electron chi connectivity index (χ4n) is 2.87. The molecular weight excluding hydrogens is 196 g/mol. The minimum absolute atomic E-state index is 0.629. The van der Waals surface area contributed by atoms with Gasteiger partial charge >= 0.3 is 0 Å². The quantitative estimate of drug-likeness (QED) is 0.655. The summed E-state index contributed by atoms with van der Waals surface area (Å²) < 4.78 is 2.45. The molecule has 0 aromatic carbocycles. The van der Waals surface area contributed by atoms with Crippen LogP contribution in [0.5, 0.6) is 0 Å². The Balaban J connectivity index is 2.03.